The summed E-state index contributed by atoms with van der Waals surface area (Å²) >= 11 is 0. The molecule has 4 aromatic rings. The van der Waals surface area contributed by atoms with Gasteiger partial charge in [-0.2, -0.15) is 10.2 Å². The number of nitrogens with zero attached hydrogens (tertiary/aromatic N) is 5. The van der Waals surface area contributed by atoms with Gasteiger partial charge in [0.15, 0.2) is 0 Å². The normalized spacial score (nSPS) is 22.0. The molecule has 0 aliphatic heterocycles. The van der Waals surface area contributed by atoms with Gasteiger partial charge in [-0.1, -0.05) is 26.0 Å². The van der Waals surface area contributed by atoms with Crippen LogP contribution in [-0.2, 0) is 12.0 Å². The summed E-state index contributed by atoms with van der Waals surface area (Å²) in [5.74, 6) is -1.17. The second kappa shape index (κ2) is 8.74. The Hall–Kier alpha value is -3.56. The molecule has 2 aliphatic carbocycles. The largest absolute Gasteiger partial charge is 0.394 e. The van der Waals surface area contributed by atoms with Crippen molar-refractivity contribution >= 4 is 0 Å². The number of benzene rings is 1. The number of aliphatic hydroxyl groups excluding tert-OH is 2. The van der Waals surface area contributed by atoms with Crippen LogP contribution in [0.25, 0.3) is 22.5 Å². The van der Waals surface area contributed by atoms with Gasteiger partial charge < -0.3 is 10.2 Å². The first-order valence-corrected chi connectivity index (χ1v) is 12.8. The van der Waals surface area contributed by atoms with E-state index in [9.17, 15) is 19.0 Å². The third-order valence-electron chi connectivity index (χ3n) is 8.62. The standard InChI is InChI=1S/C29H29F2N5O2/c1-16-19(14-36(35-16)13-17(38)15-37)23-8-5-9-25(32-23)29-11-10-20(28(29,2)3)18-12-24(33-34-27(18)29)26-21(30)6-4-7-22(26)31/h4-9,12,14,17,20,37-38H,10-11,13,15H2,1-3H3/t17?,20-,29-/m0/s1. The molecule has 1 aromatic carbocycles. The van der Waals surface area contributed by atoms with Gasteiger partial charge in [0.05, 0.1) is 58.7 Å². The van der Waals surface area contributed by atoms with Crippen LogP contribution >= 0.6 is 0 Å². The number of rotatable bonds is 6. The van der Waals surface area contributed by atoms with Crippen LogP contribution in [0.2, 0.25) is 0 Å². The van der Waals surface area contributed by atoms with Gasteiger partial charge in [-0.25, -0.2) is 8.78 Å². The van der Waals surface area contributed by atoms with Crippen molar-refractivity contribution in [2.75, 3.05) is 6.61 Å². The van der Waals surface area contributed by atoms with Crippen molar-refractivity contribution in [3.63, 3.8) is 0 Å². The summed E-state index contributed by atoms with van der Waals surface area (Å²) in [6.07, 6.45) is 2.69. The molecule has 0 saturated heterocycles. The number of aliphatic hydroxyl groups is 2. The minimum atomic E-state index is -0.896. The maximum Gasteiger partial charge on any atom is 0.135 e. The lowest BCUT2D eigenvalue weighted by Crippen LogP contribution is -2.37. The van der Waals surface area contributed by atoms with Gasteiger partial charge in [0.25, 0.3) is 0 Å². The number of halogens is 2. The zero-order valence-corrected chi connectivity index (χ0v) is 21.5. The monoisotopic (exact) mass is 517 g/mol. The lowest BCUT2D eigenvalue weighted by Gasteiger charge is -2.37. The molecule has 1 fully saturated rings. The summed E-state index contributed by atoms with van der Waals surface area (Å²) in [7, 11) is 0. The Bertz CT molecular complexity index is 1530. The van der Waals surface area contributed by atoms with Crippen molar-refractivity contribution in [2.45, 2.75) is 57.6 Å². The van der Waals surface area contributed by atoms with Crippen molar-refractivity contribution < 1.29 is 19.0 Å². The summed E-state index contributed by atoms with van der Waals surface area (Å²) in [5.41, 5.74) is 4.34. The number of hydrogen-bond acceptors (Lipinski definition) is 6. The smallest absolute Gasteiger partial charge is 0.135 e. The van der Waals surface area contributed by atoms with Crippen molar-refractivity contribution in [2.24, 2.45) is 5.41 Å². The minimum Gasteiger partial charge on any atom is -0.394 e. The van der Waals surface area contributed by atoms with Crippen LogP contribution in [0, 0.1) is 24.0 Å². The molecular formula is C29H29F2N5O2. The molecule has 38 heavy (non-hydrogen) atoms. The van der Waals surface area contributed by atoms with Gasteiger partial charge in [0, 0.05) is 11.8 Å². The highest BCUT2D eigenvalue weighted by atomic mass is 19.1. The van der Waals surface area contributed by atoms with E-state index in [0.717, 1.165) is 46.7 Å². The first-order chi connectivity index (χ1) is 18.2. The van der Waals surface area contributed by atoms with Gasteiger partial charge in [-0.15, -0.1) is 5.10 Å². The van der Waals surface area contributed by atoms with E-state index < -0.39 is 23.2 Å². The zero-order valence-electron chi connectivity index (χ0n) is 21.5. The fourth-order valence-corrected chi connectivity index (χ4v) is 6.72. The SMILES string of the molecule is Cc1nn(CC(O)CO)cc1-c1cccc([C@@]23CC[C@@H](c4cc(-c5c(F)cccc5F)nnc42)C3(C)C)n1. The van der Waals surface area contributed by atoms with E-state index in [2.05, 4.69) is 29.1 Å². The molecule has 0 radical (unpaired) electrons. The highest BCUT2D eigenvalue weighted by Gasteiger charge is 2.65. The molecule has 2 aliphatic rings. The Morgan fingerprint density at radius 2 is 1.82 bits per heavy atom. The second-order valence-corrected chi connectivity index (χ2v) is 10.9. The fraction of sp³-hybridized carbons (Fsp3) is 0.379. The number of pyridine rings is 1. The first-order valence-electron chi connectivity index (χ1n) is 12.8. The highest BCUT2D eigenvalue weighted by molar-refractivity contribution is 5.65. The second-order valence-electron chi connectivity index (χ2n) is 10.9. The average Bonchev–Trinajstić information content (AvgIpc) is 3.46. The third kappa shape index (κ3) is 3.45. The Morgan fingerprint density at radius 3 is 2.55 bits per heavy atom. The molecule has 3 aromatic heterocycles. The molecule has 3 atom stereocenters. The molecular weight excluding hydrogens is 488 g/mol. The molecule has 1 saturated carbocycles. The Balaban J connectivity index is 1.45. The molecule has 3 heterocycles. The number of aryl methyl sites for hydroxylation is 1. The van der Waals surface area contributed by atoms with Gasteiger partial charge in [0.1, 0.15) is 11.6 Å². The van der Waals surface area contributed by atoms with Gasteiger partial charge in [-0.05, 0) is 67.0 Å². The lowest BCUT2D eigenvalue weighted by molar-refractivity contribution is 0.0782. The third-order valence-corrected chi connectivity index (χ3v) is 8.62. The van der Waals surface area contributed by atoms with Crippen LogP contribution in [0.1, 0.15) is 55.3 Å². The summed E-state index contributed by atoms with van der Waals surface area (Å²) < 4.78 is 30.7. The van der Waals surface area contributed by atoms with Crippen molar-refractivity contribution in [3.8, 4) is 22.5 Å². The predicted octanol–water partition coefficient (Wildman–Crippen LogP) is 4.55. The van der Waals surface area contributed by atoms with Gasteiger partial charge in [-0.3, -0.25) is 9.67 Å². The van der Waals surface area contributed by atoms with Crippen molar-refractivity contribution in [3.05, 3.63) is 82.9 Å². The topological polar surface area (TPSA) is 97.0 Å². The molecule has 196 valence electrons. The summed E-state index contributed by atoms with van der Waals surface area (Å²) in [6.45, 7) is 6.16. The van der Waals surface area contributed by atoms with Gasteiger partial charge in [0.2, 0.25) is 0 Å². The first kappa shape index (κ1) is 24.8. The van der Waals surface area contributed by atoms with Crippen molar-refractivity contribution in [1.82, 2.24) is 25.0 Å². The van der Waals surface area contributed by atoms with E-state index in [-0.39, 0.29) is 35.7 Å². The van der Waals surface area contributed by atoms with E-state index in [0.29, 0.717) is 0 Å². The lowest BCUT2D eigenvalue weighted by atomic mass is 9.66. The van der Waals surface area contributed by atoms with E-state index in [4.69, 9.17) is 4.98 Å². The maximum atomic E-state index is 14.5. The molecule has 0 spiro atoms. The van der Waals surface area contributed by atoms with Gasteiger partial charge >= 0.3 is 0 Å². The maximum absolute atomic E-state index is 14.5. The zero-order chi connectivity index (χ0) is 26.8. The minimum absolute atomic E-state index is 0.150. The van der Waals surface area contributed by atoms with Crippen molar-refractivity contribution in [1.29, 1.82) is 0 Å². The van der Waals surface area contributed by atoms with Crippen LogP contribution in [0.15, 0.2) is 48.7 Å². The van der Waals surface area contributed by atoms with Crippen LogP contribution in [0.4, 0.5) is 8.78 Å². The molecule has 2 N–H and O–H groups in total. The summed E-state index contributed by atoms with van der Waals surface area (Å²) in [4.78, 5) is 5.12. The highest BCUT2D eigenvalue weighted by Crippen LogP contribution is 2.69. The average molecular weight is 518 g/mol. The number of fused-ring (bicyclic) bond motifs is 5. The molecule has 9 heteroatoms. The molecule has 6 rings (SSSR count). The van der Waals surface area contributed by atoms with E-state index in [1.54, 1.807) is 4.68 Å². The van der Waals surface area contributed by atoms with Crippen LogP contribution in [0.5, 0.6) is 0 Å². The predicted molar refractivity (Wildman–Crippen MR) is 137 cm³/mol. The summed E-state index contributed by atoms with van der Waals surface area (Å²) in [6, 6.07) is 11.5. The fourth-order valence-electron chi connectivity index (χ4n) is 6.72. The van der Waals surface area contributed by atoms with Crippen LogP contribution < -0.4 is 0 Å². The number of aromatic nitrogens is 5. The quantitative estimate of drug-likeness (QED) is 0.390. The van der Waals surface area contributed by atoms with Crippen LogP contribution in [0.3, 0.4) is 0 Å². The van der Waals surface area contributed by atoms with E-state index in [1.165, 1.54) is 18.2 Å². The molecule has 1 unspecified atom stereocenters. The molecule has 0 amide bonds. The molecule has 7 nitrogen and oxygen atoms in total. The van der Waals surface area contributed by atoms with E-state index >= 15 is 0 Å². The Morgan fingerprint density at radius 1 is 1.08 bits per heavy atom. The Labute approximate surface area is 219 Å². The van der Waals surface area contributed by atoms with E-state index in [1.807, 2.05) is 37.4 Å². The Kier molecular flexibility index (Phi) is 5.70. The molecule has 2 bridgehead atoms. The van der Waals surface area contributed by atoms with Crippen LogP contribution in [-0.4, -0.2) is 47.9 Å². The number of hydrogen-bond donors (Lipinski definition) is 2. The summed E-state index contributed by atoms with van der Waals surface area (Å²) in [5, 5.41) is 32.4.